The molecule has 3 aliphatic rings. The van der Waals surface area contributed by atoms with Crippen molar-refractivity contribution in [1.82, 2.24) is 5.32 Å². The summed E-state index contributed by atoms with van der Waals surface area (Å²) >= 11 is 0. The van der Waals surface area contributed by atoms with E-state index in [1.54, 1.807) is 0 Å². The molecule has 0 radical (unpaired) electrons. The summed E-state index contributed by atoms with van der Waals surface area (Å²) in [5, 5.41) is 6.41. The highest BCUT2D eigenvalue weighted by atomic mass is 16.2. The number of amides is 1. The molecule has 1 aromatic carbocycles. The van der Waals surface area contributed by atoms with Crippen molar-refractivity contribution in [1.29, 1.82) is 0 Å². The molecule has 0 aromatic heterocycles. The maximum absolute atomic E-state index is 12.1. The molecule has 2 N–H and O–H groups in total. The zero-order valence-corrected chi connectivity index (χ0v) is 13.2. The van der Waals surface area contributed by atoms with Crippen LogP contribution in [-0.4, -0.2) is 18.5 Å². The average molecular weight is 286 g/mol. The van der Waals surface area contributed by atoms with Crippen molar-refractivity contribution in [2.45, 2.75) is 39.7 Å². The second kappa shape index (κ2) is 5.36. The quantitative estimate of drug-likeness (QED) is 0.892. The Kier molecular flexibility index (Phi) is 3.68. The number of hydrogen-bond donors (Lipinski definition) is 2. The highest BCUT2D eigenvalue weighted by Crippen LogP contribution is 2.61. The Labute approximate surface area is 127 Å². The van der Waals surface area contributed by atoms with Gasteiger partial charge in [0.2, 0.25) is 5.91 Å². The van der Waals surface area contributed by atoms with Gasteiger partial charge in [0.25, 0.3) is 0 Å². The number of anilines is 1. The number of benzene rings is 1. The monoisotopic (exact) mass is 286 g/mol. The summed E-state index contributed by atoms with van der Waals surface area (Å²) in [6.07, 6.45) is 2.49. The Morgan fingerprint density at radius 3 is 2.57 bits per heavy atom. The summed E-state index contributed by atoms with van der Waals surface area (Å²) in [4.78, 5) is 12.1. The molecule has 4 rings (SSSR count). The molecule has 2 bridgehead atoms. The van der Waals surface area contributed by atoms with E-state index in [-0.39, 0.29) is 5.91 Å². The van der Waals surface area contributed by atoms with Gasteiger partial charge in [0.1, 0.15) is 0 Å². The summed E-state index contributed by atoms with van der Waals surface area (Å²) in [5.41, 5.74) is 1.47. The lowest BCUT2D eigenvalue weighted by molar-refractivity contribution is -0.132. The number of para-hydroxylation sites is 1. The number of carbonyl (C=O) groups is 1. The van der Waals surface area contributed by atoms with E-state index in [0.29, 0.717) is 23.9 Å². The molecule has 0 aliphatic heterocycles. The highest BCUT2D eigenvalue weighted by Gasteiger charge is 2.56. The number of carbonyl (C=O) groups excluding carboxylic acids is 1. The third-order valence-electron chi connectivity index (χ3n) is 5.93. The fourth-order valence-electron chi connectivity index (χ4n) is 4.34. The lowest BCUT2D eigenvalue weighted by Crippen LogP contribution is -2.61. The Morgan fingerprint density at radius 2 is 1.95 bits per heavy atom. The maximum atomic E-state index is 12.1. The van der Waals surface area contributed by atoms with Crippen LogP contribution >= 0.6 is 0 Å². The van der Waals surface area contributed by atoms with Gasteiger partial charge in [-0.2, -0.15) is 0 Å². The van der Waals surface area contributed by atoms with Crippen LogP contribution in [0.15, 0.2) is 30.3 Å². The smallest absolute Gasteiger partial charge is 0.239 e. The average Bonchev–Trinajstić information content (AvgIpc) is 2.47. The molecule has 0 saturated heterocycles. The number of nitrogens with one attached hydrogen (secondary N) is 2. The molecule has 1 aromatic rings. The van der Waals surface area contributed by atoms with Crippen LogP contribution in [0.1, 0.15) is 33.6 Å². The molecule has 21 heavy (non-hydrogen) atoms. The molecule has 3 aliphatic carbocycles. The Hall–Kier alpha value is -1.51. The van der Waals surface area contributed by atoms with Crippen molar-refractivity contribution in [2.75, 3.05) is 11.9 Å². The van der Waals surface area contributed by atoms with Gasteiger partial charge in [-0.1, -0.05) is 39.0 Å². The summed E-state index contributed by atoms with van der Waals surface area (Å²) in [6.45, 7) is 7.43. The van der Waals surface area contributed by atoms with Crippen molar-refractivity contribution in [3.8, 4) is 0 Å². The van der Waals surface area contributed by atoms with E-state index in [2.05, 4.69) is 31.4 Å². The summed E-state index contributed by atoms with van der Waals surface area (Å²) in [6, 6.07) is 10.2. The van der Waals surface area contributed by atoms with Gasteiger partial charge in [-0.25, -0.2) is 0 Å². The highest BCUT2D eigenvalue weighted by molar-refractivity contribution is 5.81. The van der Waals surface area contributed by atoms with Crippen LogP contribution in [0, 0.1) is 23.2 Å². The molecule has 0 unspecified atom stereocenters. The van der Waals surface area contributed by atoms with E-state index in [1.807, 2.05) is 30.3 Å². The van der Waals surface area contributed by atoms with E-state index in [9.17, 15) is 4.79 Å². The molecule has 3 fully saturated rings. The predicted octanol–water partition coefficient (Wildman–Crippen LogP) is 3.29. The van der Waals surface area contributed by atoms with E-state index in [1.165, 1.54) is 6.42 Å². The fraction of sp³-hybridized carbons (Fsp3) is 0.611. The van der Waals surface area contributed by atoms with Crippen molar-refractivity contribution < 1.29 is 4.79 Å². The number of rotatable bonds is 4. The molecular weight excluding hydrogens is 260 g/mol. The van der Waals surface area contributed by atoms with Gasteiger partial charge in [0.15, 0.2) is 0 Å². The standard InChI is InChI=1S/C18H26N2O/c1-12-15-9-13(18(15,2)3)10-16(12)20-17(21)11-19-14-7-5-4-6-8-14/h4-8,12-13,15-16,19H,9-11H2,1-3H3,(H,20,21)/t12-,13+,15-,16-/m1/s1. The van der Waals surface area contributed by atoms with Gasteiger partial charge >= 0.3 is 0 Å². The fourth-order valence-corrected chi connectivity index (χ4v) is 4.34. The molecular formula is C18H26N2O. The SMILES string of the molecule is C[C@@H]1[C@H]2C[C@@H](C[C@H]1NC(=O)CNc1ccccc1)C2(C)C. The van der Waals surface area contributed by atoms with Crippen LogP contribution in [0.2, 0.25) is 0 Å². The molecule has 114 valence electrons. The lowest BCUT2D eigenvalue weighted by atomic mass is 9.45. The van der Waals surface area contributed by atoms with E-state index in [4.69, 9.17) is 0 Å². The minimum Gasteiger partial charge on any atom is -0.376 e. The van der Waals surface area contributed by atoms with Gasteiger partial charge in [-0.3, -0.25) is 4.79 Å². The first kappa shape index (κ1) is 14.4. The number of fused-ring (bicyclic) bond motifs is 2. The van der Waals surface area contributed by atoms with Gasteiger partial charge < -0.3 is 10.6 Å². The first-order valence-corrected chi connectivity index (χ1v) is 8.06. The third kappa shape index (κ3) is 2.66. The molecule has 3 saturated carbocycles. The van der Waals surface area contributed by atoms with E-state index >= 15 is 0 Å². The maximum Gasteiger partial charge on any atom is 0.239 e. The van der Waals surface area contributed by atoms with Crippen LogP contribution in [0.25, 0.3) is 0 Å². The first-order chi connectivity index (χ1) is 9.98. The minimum absolute atomic E-state index is 0.106. The molecule has 0 spiro atoms. The van der Waals surface area contributed by atoms with Gasteiger partial charge in [-0.15, -0.1) is 0 Å². The topological polar surface area (TPSA) is 41.1 Å². The van der Waals surface area contributed by atoms with Crippen LogP contribution in [0.4, 0.5) is 5.69 Å². The zero-order chi connectivity index (χ0) is 15.0. The minimum atomic E-state index is 0.106. The van der Waals surface area contributed by atoms with E-state index in [0.717, 1.165) is 23.9 Å². The van der Waals surface area contributed by atoms with Gasteiger partial charge in [0, 0.05) is 11.7 Å². The normalized spacial score (nSPS) is 32.9. The van der Waals surface area contributed by atoms with E-state index < -0.39 is 0 Å². The first-order valence-electron chi connectivity index (χ1n) is 8.06. The van der Waals surface area contributed by atoms with Crippen LogP contribution in [-0.2, 0) is 4.79 Å². The van der Waals surface area contributed by atoms with Crippen molar-refractivity contribution in [2.24, 2.45) is 23.2 Å². The third-order valence-corrected chi connectivity index (χ3v) is 5.93. The summed E-state index contributed by atoms with van der Waals surface area (Å²) in [7, 11) is 0. The molecule has 0 heterocycles. The molecule has 3 heteroatoms. The van der Waals surface area contributed by atoms with Crippen molar-refractivity contribution in [3.63, 3.8) is 0 Å². The summed E-state index contributed by atoms with van der Waals surface area (Å²) in [5.74, 6) is 2.25. The zero-order valence-electron chi connectivity index (χ0n) is 13.2. The second-order valence-electron chi connectivity index (χ2n) is 7.35. The Bertz CT molecular complexity index is 511. The Morgan fingerprint density at radius 1 is 1.24 bits per heavy atom. The molecule has 1 amide bonds. The lowest BCUT2D eigenvalue weighted by Gasteiger charge is -2.62. The molecule has 4 atom stereocenters. The van der Waals surface area contributed by atoms with Gasteiger partial charge in [0.05, 0.1) is 6.54 Å². The molecule has 3 nitrogen and oxygen atoms in total. The van der Waals surface area contributed by atoms with Crippen molar-refractivity contribution >= 4 is 11.6 Å². The van der Waals surface area contributed by atoms with Crippen molar-refractivity contribution in [3.05, 3.63) is 30.3 Å². The second-order valence-corrected chi connectivity index (χ2v) is 7.35. The Balaban J connectivity index is 1.50. The number of hydrogen-bond acceptors (Lipinski definition) is 2. The van der Waals surface area contributed by atoms with Crippen LogP contribution < -0.4 is 10.6 Å². The summed E-state index contributed by atoms with van der Waals surface area (Å²) < 4.78 is 0. The van der Waals surface area contributed by atoms with Crippen LogP contribution in [0.3, 0.4) is 0 Å². The largest absolute Gasteiger partial charge is 0.376 e. The van der Waals surface area contributed by atoms with Crippen LogP contribution in [0.5, 0.6) is 0 Å². The van der Waals surface area contributed by atoms with Gasteiger partial charge in [-0.05, 0) is 48.1 Å². The predicted molar refractivity (Wildman–Crippen MR) is 86.0 cm³/mol.